The fourth-order valence-electron chi connectivity index (χ4n) is 1.43. The molecular weight excluding hydrogens is 395 g/mol. The van der Waals surface area contributed by atoms with E-state index >= 15 is 0 Å². The number of benzene rings is 1. The predicted molar refractivity (Wildman–Crippen MR) is 79.7 cm³/mol. The molecule has 0 radical (unpaired) electrons. The highest BCUT2D eigenvalue weighted by molar-refractivity contribution is 14.1. The summed E-state index contributed by atoms with van der Waals surface area (Å²) in [6.07, 6.45) is 1.77. The molecular formula is C12H12BrIN2O. The van der Waals surface area contributed by atoms with Gasteiger partial charge in [0.2, 0.25) is 5.89 Å². The van der Waals surface area contributed by atoms with Gasteiger partial charge in [-0.3, -0.25) is 0 Å². The second kappa shape index (κ2) is 5.97. The van der Waals surface area contributed by atoms with E-state index in [0.717, 1.165) is 31.8 Å². The number of hydrogen-bond donors (Lipinski definition) is 1. The van der Waals surface area contributed by atoms with Crippen molar-refractivity contribution < 1.29 is 4.42 Å². The van der Waals surface area contributed by atoms with Crippen LogP contribution in [0.1, 0.15) is 12.8 Å². The summed E-state index contributed by atoms with van der Waals surface area (Å²) in [5.74, 6) is 1.53. The molecule has 0 saturated heterocycles. The Bertz CT molecular complexity index is 513. The number of nitrogens with zero attached hydrogens (tertiary/aromatic N) is 1. The van der Waals surface area contributed by atoms with Gasteiger partial charge in [-0.2, -0.15) is 0 Å². The van der Waals surface area contributed by atoms with Gasteiger partial charge in [-0.25, -0.2) is 4.98 Å². The Balaban J connectivity index is 2.27. The third-order valence-electron chi connectivity index (χ3n) is 2.27. The highest BCUT2D eigenvalue weighted by Gasteiger charge is 2.09. The first-order valence-corrected chi connectivity index (χ1v) is 7.18. The van der Waals surface area contributed by atoms with Crippen molar-refractivity contribution >= 4 is 38.5 Å². The molecule has 0 amide bonds. The van der Waals surface area contributed by atoms with E-state index in [4.69, 9.17) is 4.42 Å². The van der Waals surface area contributed by atoms with Gasteiger partial charge in [-0.1, -0.05) is 22.9 Å². The van der Waals surface area contributed by atoms with Gasteiger partial charge in [-0.15, -0.1) is 0 Å². The molecule has 5 heteroatoms. The maximum atomic E-state index is 5.71. The molecule has 0 saturated carbocycles. The standard InChI is InChI=1S/C12H12BrIN2O/c1-2-15-7-12-16-6-11(17-12)9-5-8(13)3-4-10(9)14/h3-6,15H,2,7H2,1H3. The van der Waals surface area contributed by atoms with E-state index < -0.39 is 0 Å². The Hall–Kier alpha value is -0.400. The summed E-state index contributed by atoms with van der Waals surface area (Å²) in [6, 6.07) is 6.10. The first-order chi connectivity index (χ1) is 8.20. The first kappa shape index (κ1) is 13.0. The van der Waals surface area contributed by atoms with Gasteiger partial charge in [0.1, 0.15) is 0 Å². The molecule has 17 heavy (non-hydrogen) atoms. The van der Waals surface area contributed by atoms with Gasteiger partial charge in [0.05, 0.1) is 12.7 Å². The van der Waals surface area contributed by atoms with Crippen LogP contribution in [-0.2, 0) is 6.54 Å². The largest absolute Gasteiger partial charge is 0.439 e. The second-order valence-electron chi connectivity index (χ2n) is 3.52. The molecule has 0 fully saturated rings. The molecule has 0 aliphatic carbocycles. The Morgan fingerprint density at radius 2 is 2.29 bits per heavy atom. The number of halogens is 2. The lowest BCUT2D eigenvalue weighted by molar-refractivity contribution is 0.482. The molecule has 0 bridgehead atoms. The van der Waals surface area contributed by atoms with Crippen molar-refractivity contribution in [1.29, 1.82) is 0 Å². The van der Waals surface area contributed by atoms with Crippen LogP contribution in [-0.4, -0.2) is 11.5 Å². The molecule has 1 aromatic carbocycles. The zero-order valence-corrected chi connectivity index (χ0v) is 13.1. The molecule has 0 atom stereocenters. The van der Waals surface area contributed by atoms with E-state index in [-0.39, 0.29) is 0 Å². The van der Waals surface area contributed by atoms with Crippen molar-refractivity contribution in [1.82, 2.24) is 10.3 Å². The molecule has 90 valence electrons. The van der Waals surface area contributed by atoms with Crippen LogP contribution in [0.25, 0.3) is 11.3 Å². The normalized spacial score (nSPS) is 10.8. The summed E-state index contributed by atoms with van der Waals surface area (Å²) < 4.78 is 7.90. The molecule has 2 rings (SSSR count). The average Bonchev–Trinajstić information content (AvgIpc) is 2.78. The van der Waals surface area contributed by atoms with Crippen molar-refractivity contribution in [2.75, 3.05) is 6.54 Å². The fourth-order valence-corrected chi connectivity index (χ4v) is 2.40. The number of aromatic nitrogens is 1. The van der Waals surface area contributed by atoms with Crippen LogP contribution in [0.2, 0.25) is 0 Å². The Morgan fingerprint density at radius 3 is 3.06 bits per heavy atom. The summed E-state index contributed by atoms with van der Waals surface area (Å²) in [5.41, 5.74) is 1.07. The number of oxazole rings is 1. The lowest BCUT2D eigenvalue weighted by Crippen LogP contribution is -2.11. The zero-order chi connectivity index (χ0) is 12.3. The molecule has 1 heterocycles. The predicted octanol–water partition coefficient (Wildman–Crippen LogP) is 3.82. The molecule has 0 unspecified atom stereocenters. The Kier molecular flexibility index (Phi) is 4.58. The maximum Gasteiger partial charge on any atom is 0.208 e. The van der Waals surface area contributed by atoms with Crippen LogP contribution in [0.4, 0.5) is 0 Å². The first-order valence-electron chi connectivity index (χ1n) is 5.31. The Labute approximate surface area is 122 Å². The zero-order valence-electron chi connectivity index (χ0n) is 9.34. The van der Waals surface area contributed by atoms with Crippen molar-refractivity contribution in [3.05, 3.63) is 38.3 Å². The SMILES string of the molecule is CCNCc1ncc(-c2cc(Br)ccc2I)o1. The summed E-state index contributed by atoms with van der Waals surface area (Å²) in [6.45, 7) is 3.63. The van der Waals surface area contributed by atoms with Gasteiger partial charge < -0.3 is 9.73 Å². The third-order valence-corrected chi connectivity index (χ3v) is 3.71. The maximum absolute atomic E-state index is 5.71. The number of nitrogens with one attached hydrogen (secondary N) is 1. The number of rotatable bonds is 4. The molecule has 3 nitrogen and oxygen atoms in total. The van der Waals surface area contributed by atoms with Gasteiger partial charge in [0.25, 0.3) is 0 Å². The summed E-state index contributed by atoms with van der Waals surface area (Å²) in [4.78, 5) is 4.25. The molecule has 0 aliphatic rings. The van der Waals surface area contributed by atoms with E-state index in [1.54, 1.807) is 6.20 Å². The molecule has 2 aromatic rings. The minimum absolute atomic E-state index is 0.668. The lowest BCUT2D eigenvalue weighted by atomic mass is 10.2. The van der Waals surface area contributed by atoms with Crippen LogP contribution in [0.15, 0.2) is 33.3 Å². The quantitative estimate of drug-likeness (QED) is 0.784. The van der Waals surface area contributed by atoms with Crippen LogP contribution in [0.5, 0.6) is 0 Å². The van der Waals surface area contributed by atoms with Gasteiger partial charge in [0.15, 0.2) is 5.76 Å². The van der Waals surface area contributed by atoms with E-state index in [9.17, 15) is 0 Å². The lowest BCUT2D eigenvalue weighted by Gasteiger charge is -2.01. The summed E-state index contributed by atoms with van der Waals surface area (Å²) >= 11 is 5.76. The van der Waals surface area contributed by atoms with Crippen molar-refractivity contribution in [2.45, 2.75) is 13.5 Å². The fraction of sp³-hybridized carbons (Fsp3) is 0.250. The van der Waals surface area contributed by atoms with Gasteiger partial charge >= 0.3 is 0 Å². The minimum atomic E-state index is 0.668. The summed E-state index contributed by atoms with van der Waals surface area (Å²) in [5, 5.41) is 3.19. The minimum Gasteiger partial charge on any atom is -0.439 e. The van der Waals surface area contributed by atoms with E-state index in [1.807, 2.05) is 18.2 Å². The van der Waals surface area contributed by atoms with E-state index in [1.165, 1.54) is 0 Å². The highest BCUT2D eigenvalue weighted by Crippen LogP contribution is 2.28. The molecule has 0 aliphatic heterocycles. The van der Waals surface area contributed by atoms with Crippen LogP contribution in [0.3, 0.4) is 0 Å². The van der Waals surface area contributed by atoms with E-state index in [2.05, 4.69) is 55.7 Å². The van der Waals surface area contributed by atoms with Crippen LogP contribution < -0.4 is 5.32 Å². The van der Waals surface area contributed by atoms with Crippen LogP contribution in [0, 0.1) is 3.57 Å². The molecule has 0 spiro atoms. The highest BCUT2D eigenvalue weighted by atomic mass is 127. The van der Waals surface area contributed by atoms with Gasteiger partial charge in [-0.05, 0) is 47.3 Å². The monoisotopic (exact) mass is 406 g/mol. The van der Waals surface area contributed by atoms with Crippen molar-refractivity contribution in [2.24, 2.45) is 0 Å². The van der Waals surface area contributed by atoms with Gasteiger partial charge in [0, 0.05) is 13.6 Å². The average molecular weight is 407 g/mol. The summed E-state index contributed by atoms with van der Waals surface area (Å²) in [7, 11) is 0. The Morgan fingerprint density at radius 1 is 1.47 bits per heavy atom. The third kappa shape index (κ3) is 3.29. The smallest absolute Gasteiger partial charge is 0.208 e. The van der Waals surface area contributed by atoms with Crippen molar-refractivity contribution in [3.63, 3.8) is 0 Å². The van der Waals surface area contributed by atoms with E-state index in [0.29, 0.717) is 6.54 Å². The van der Waals surface area contributed by atoms with Crippen LogP contribution >= 0.6 is 38.5 Å². The second-order valence-corrected chi connectivity index (χ2v) is 5.60. The number of hydrogen-bond acceptors (Lipinski definition) is 3. The van der Waals surface area contributed by atoms with Crippen molar-refractivity contribution in [3.8, 4) is 11.3 Å². The topological polar surface area (TPSA) is 38.1 Å². The molecule has 1 N–H and O–H groups in total. The molecule has 1 aromatic heterocycles.